The number of allylic oxidation sites excluding steroid dienone is 3. The Hall–Kier alpha value is -6.96. The molecule has 1 saturated carbocycles. The fourth-order valence-corrected chi connectivity index (χ4v) is 9.97. The van der Waals surface area contributed by atoms with Gasteiger partial charge in [0.05, 0.1) is 29.5 Å². The van der Waals surface area contributed by atoms with Gasteiger partial charge in [-0.1, -0.05) is 120 Å². The molecule has 4 aromatic rings. The third-order valence-corrected chi connectivity index (χ3v) is 14.9. The molecule has 1 aliphatic carbocycles. The topological polar surface area (TPSA) is 231 Å². The fraction of sp³-hybridized carbons (Fsp3) is 0.492. The van der Waals surface area contributed by atoms with Crippen molar-refractivity contribution in [2.75, 3.05) is 27.2 Å². The number of halogens is 1. The number of thiophene rings is 1. The summed E-state index contributed by atoms with van der Waals surface area (Å²) >= 11 is 7.84. The van der Waals surface area contributed by atoms with Crippen molar-refractivity contribution in [3.63, 3.8) is 0 Å². The molecule has 1 fully saturated rings. The van der Waals surface area contributed by atoms with Gasteiger partial charge in [0, 0.05) is 65.9 Å². The first kappa shape index (κ1) is 68.3. The van der Waals surface area contributed by atoms with Gasteiger partial charge in [0.1, 0.15) is 29.4 Å². The van der Waals surface area contributed by atoms with E-state index in [1.165, 1.54) is 86.2 Å². The summed E-state index contributed by atoms with van der Waals surface area (Å²) in [6.07, 6.45) is 21.1. The van der Waals surface area contributed by atoms with Crippen LogP contribution in [0.4, 0.5) is 0 Å². The Bertz CT molecular complexity index is 2800. The number of nitrogens with one attached hydrogen (secondary N) is 3. The van der Waals surface area contributed by atoms with Crippen LogP contribution in [0.2, 0.25) is 5.02 Å². The lowest BCUT2D eigenvalue weighted by atomic mass is 10.00. The van der Waals surface area contributed by atoms with Gasteiger partial charge in [-0.25, -0.2) is 0 Å². The molecule has 3 N–H and O–H groups in total. The number of hydrogen-bond donors (Lipinski definition) is 3. The number of unbranched alkanes of at least 4 members (excludes halogenated alkanes) is 3. The first-order valence-electron chi connectivity index (χ1n) is 27.9. The van der Waals surface area contributed by atoms with Crippen molar-refractivity contribution in [2.45, 2.75) is 170 Å². The van der Waals surface area contributed by atoms with Gasteiger partial charge in [-0.3, -0.25) is 68.3 Å². The van der Waals surface area contributed by atoms with Crippen molar-refractivity contribution < 1.29 is 43.1 Å². The number of rotatable bonds is 19. The van der Waals surface area contributed by atoms with Crippen LogP contribution < -0.4 is 20.7 Å². The molecule has 7 amide bonds. The van der Waals surface area contributed by atoms with Gasteiger partial charge in [0.25, 0.3) is 11.8 Å². The van der Waals surface area contributed by atoms with Gasteiger partial charge in [-0.15, -0.1) is 21.5 Å². The van der Waals surface area contributed by atoms with Gasteiger partial charge in [-0.05, 0) is 97.8 Å². The highest BCUT2D eigenvalue weighted by Gasteiger charge is 2.40. The number of carbonyl (C=O) groups is 8. The van der Waals surface area contributed by atoms with Crippen molar-refractivity contribution in [1.82, 2.24) is 40.5 Å². The van der Waals surface area contributed by atoms with E-state index in [2.05, 4.69) is 52.7 Å². The third kappa shape index (κ3) is 22.1. The Balaban J connectivity index is 0.000000300. The standard InChI is InChI=1S/C22H29N3O6.C18H17ClN4S.C8H16.C7H14N2O2.C6H8O/c1-15(10-11-19(28)24-14-26)25-21(29)17-8-7-9-18(20(17)22(25)30)31-13-6-4-3-5-12-23-16(2)27;1-4-14-21-22-15-9-20-17(12-5-7-13(19)8-6-12)16-10(2)11(3)24-18(16)23(14)15;1-2-4-6-8-7-5-3-1;1-5(9(3)4)7(11)8-6(2)10;1-3-4-6(2)5-7/h7-9,14-15H,3-6,10-13H2,1-2H3,(H,23,27)(H,24,26,28);5-8H,4,9H2,1-3H3;1-8H2;5H,1-4H3,(H,8,10,11);3-5H,2H2,1H3/b;;;;4-3-. The summed E-state index contributed by atoms with van der Waals surface area (Å²) in [5.74, 6) is 0.348. The highest BCUT2D eigenvalue weighted by Crippen LogP contribution is 2.37. The van der Waals surface area contributed by atoms with E-state index in [1.54, 1.807) is 74.5 Å². The molecule has 0 saturated heterocycles. The van der Waals surface area contributed by atoms with Crippen LogP contribution in [0, 0.1) is 13.8 Å². The number of likely N-dealkylation sites (N-methyl/N-ethyl adjacent to an activating group) is 1. The molecule has 4 heterocycles. The second-order valence-corrected chi connectivity index (χ2v) is 21.7. The molecule has 2 aromatic heterocycles. The predicted molar refractivity (Wildman–Crippen MR) is 320 cm³/mol. The number of imide groups is 3. The van der Waals surface area contributed by atoms with Crippen molar-refractivity contribution in [3.05, 3.63) is 116 Å². The van der Waals surface area contributed by atoms with E-state index in [1.807, 2.05) is 36.5 Å². The quantitative estimate of drug-likeness (QED) is 0.0262. The second-order valence-electron chi connectivity index (χ2n) is 20.0. The molecule has 18 nitrogen and oxygen atoms in total. The molecule has 2 aliphatic heterocycles. The molecule has 20 heteroatoms. The lowest BCUT2D eigenvalue weighted by Crippen LogP contribution is -2.43. The van der Waals surface area contributed by atoms with E-state index < -0.39 is 23.8 Å². The Morgan fingerprint density at radius 2 is 1.49 bits per heavy atom. The van der Waals surface area contributed by atoms with Crippen LogP contribution in [0.3, 0.4) is 0 Å². The number of benzene rings is 2. The molecular formula is C61H84ClN9O9S. The molecule has 7 rings (SSSR count). The Morgan fingerprint density at radius 3 is 2.04 bits per heavy atom. The molecule has 440 valence electrons. The maximum Gasteiger partial charge on any atom is 0.265 e. The van der Waals surface area contributed by atoms with Gasteiger partial charge < -0.3 is 10.1 Å². The average molecular weight is 1150 g/mol. The highest BCUT2D eigenvalue weighted by atomic mass is 35.5. The number of amides is 7. The zero-order chi connectivity index (χ0) is 60.0. The van der Waals surface area contributed by atoms with E-state index in [0.29, 0.717) is 43.0 Å². The lowest BCUT2D eigenvalue weighted by molar-refractivity contribution is -0.132. The maximum absolute atomic E-state index is 12.9. The molecule has 2 aromatic carbocycles. The number of aldehydes is 1. The number of hydrogen-bond acceptors (Lipinski definition) is 14. The van der Waals surface area contributed by atoms with Gasteiger partial charge in [0.2, 0.25) is 30.0 Å². The van der Waals surface area contributed by atoms with Gasteiger partial charge in [0.15, 0.2) is 5.82 Å². The molecule has 0 bridgehead atoms. The van der Waals surface area contributed by atoms with Crippen molar-refractivity contribution >= 4 is 76.8 Å². The van der Waals surface area contributed by atoms with Crippen molar-refractivity contribution in [3.8, 4) is 10.8 Å². The van der Waals surface area contributed by atoms with E-state index in [-0.39, 0.29) is 42.2 Å². The largest absolute Gasteiger partial charge is 0.493 e. The highest BCUT2D eigenvalue weighted by molar-refractivity contribution is 7.15. The number of aryl methyl sites for hydroxylation is 2. The number of ether oxygens (including phenoxy) is 1. The zero-order valence-corrected chi connectivity index (χ0v) is 50.7. The fourth-order valence-electron chi connectivity index (χ4n) is 8.64. The first-order valence-corrected chi connectivity index (χ1v) is 29.1. The summed E-state index contributed by atoms with van der Waals surface area (Å²) in [6, 6.07) is 12.1. The number of aliphatic imine (C=N–C) groups is 1. The maximum atomic E-state index is 12.9. The summed E-state index contributed by atoms with van der Waals surface area (Å²) < 4.78 is 7.99. The predicted octanol–water partition coefficient (Wildman–Crippen LogP) is 10.3. The van der Waals surface area contributed by atoms with Gasteiger partial charge >= 0.3 is 0 Å². The first-order chi connectivity index (χ1) is 38.7. The van der Waals surface area contributed by atoms with Crippen LogP contribution in [0.25, 0.3) is 5.00 Å². The zero-order valence-electron chi connectivity index (χ0n) is 49.1. The Labute approximate surface area is 487 Å². The minimum Gasteiger partial charge on any atom is -0.493 e. The lowest BCUT2D eigenvalue weighted by Gasteiger charge is -2.22. The Morgan fingerprint density at radius 1 is 0.864 bits per heavy atom. The summed E-state index contributed by atoms with van der Waals surface area (Å²) in [4.78, 5) is 98.6. The van der Waals surface area contributed by atoms with Gasteiger partial charge in [-0.2, -0.15) is 0 Å². The van der Waals surface area contributed by atoms with Crippen LogP contribution in [0.5, 0.6) is 5.75 Å². The monoisotopic (exact) mass is 1150 g/mol. The van der Waals surface area contributed by atoms with Crippen LogP contribution in [0.1, 0.15) is 185 Å². The van der Waals surface area contributed by atoms with Crippen LogP contribution >= 0.6 is 22.9 Å². The summed E-state index contributed by atoms with van der Waals surface area (Å²) in [5, 5.41) is 17.6. The van der Waals surface area contributed by atoms with E-state index in [9.17, 15) is 38.4 Å². The minimum atomic E-state index is -0.499. The molecule has 0 radical (unpaired) electrons. The Kier molecular flexibility index (Phi) is 30.7. The van der Waals surface area contributed by atoms with E-state index in [0.717, 1.165) is 71.2 Å². The molecule has 81 heavy (non-hydrogen) atoms. The van der Waals surface area contributed by atoms with E-state index in [4.69, 9.17) is 21.3 Å². The average Bonchev–Trinajstić information content (AvgIpc) is 4.22. The minimum absolute atomic E-state index is 0.0264. The molecule has 0 spiro atoms. The van der Waals surface area contributed by atoms with E-state index >= 15 is 0 Å². The van der Waals surface area contributed by atoms with Crippen LogP contribution in [-0.4, -0.2) is 118 Å². The molecule has 2 atom stereocenters. The summed E-state index contributed by atoms with van der Waals surface area (Å²) in [6.45, 7) is 19.5. The smallest absolute Gasteiger partial charge is 0.265 e. The third-order valence-electron chi connectivity index (χ3n) is 13.5. The van der Waals surface area contributed by atoms with Crippen molar-refractivity contribution in [2.24, 2.45) is 4.99 Å². The number of aromatic nitrogens is 3. The number of nitrogens with zero attached hydrogens (tertiary/aromatic N) is 6. The number of carbonyl (C=O) groups excluding carboxylic acids is 8. The summed E-state index contributed by atoms with van der Waals surface area (Å²) in [7, 11) is 3.56. The molecule has 3 aliphatic rings. The number of fused-ring (bicyclic) bond motifs is 4. The normalized spacial score (nSPS) is 14.0. The van der Waals surface area contributed by atoms with Crippen molar-refractivity contribution in [1.29, 1.82) is 0 Å². The summed E-state index contributed by atoms with van der Waals surface area (Å²) in [5.41, 5.74) is 5.61. The molecular weight excluding hydrogens is 1070 g/mol. The van der Waals surface area contributed by atoms with Crippen LogP contribution in [-0.2, 0) is 41.7 Å². The molecule has 2 unspecified atom stereocenters. The second kappa shape index (κ2) is 36.4. The van der Waals surface area contributed by atoms with Crippen LogP contribution in [0.15, 0.2) is 71.8 Å². The SMILES string of the molecule is C1CCCCCCC1.C=C(C=O)/C=C\C.CC(=O)NC(=O)C(C)N(C)C.CC(=O)NCCCCCCOc1cccc2c1C(=O)N(C(C)CCC(=O)NC=O)C2=O.CCc1nnc2n1-c1sc(C)c(C)c1C(c1ccc(Cl)cc1)=NC2.